The van der Waals surface area contributed by atoms with Gasteiger partial charge in [0.2, 0.25) is 0 Å². The Balaban J connectivity index is 2.18. The van der Waals surface area contributed by atoms with Crippen LogP contribution >= 0.6 is 0 Å². The standard InChI is InChI=1S/C10H13NO2/c1-7-4-9(8-2-3-8)6-10(5-7)11(12)13/h5-6,8-9H,2-4H2,1H3. The van der Waals surface area contributed by atoms with Gasteiger partial charge in [-0.15, -0.1) is 0 Å². The molecule has 0 N–H and O–H groups in total. The molecule has 1 unspecified atom stereocenters. The lowest BCUT2D eigenvalue weighted by Crippen LogP contribution is -2.09. The van der Waals surface area contributed by atoms with Crippen LogP contribution in [0.1, 0.15) is 26.2 Å². The van der Waals surface area contributed by atoms with E-state index in [0.29, 0.717) is 11.6 Å². The van der Waals surface area contributed by atoms with Gasteiger partial charge in [-0.2, -0.15) is 0 Å². The summed E-state index contributed by atoms with van der Waals surface area (Å²) in [5, 5.41) is 10.6. The van der Waals surface area contributed by atoms with Crippen molar-refractivity contribution in [1.29, 1.82) is 0 Å². The van der Waals surface area contributed by atoms with Crippen molar-refractivity contribution >= 4 is 0 Å². The van der Waals surface area contributed by atoms with Crippen molar-refractivity contribution in [2.75, 3.05) is 0 Å². The van der Waals surface area contributed by atoms with Gasteiger partial charge in [-0.3, -0.25) is 10.1 Å². The summed E-state index contributed by atoms with van der Waals surface area (Å²) in [6, 6.07) is 0. The molecular weight excluding hydrogens is 166 g/mol. The summed E-state index contributed by atoms with van der Waals surface area (Å²) < 4.78 is 0. The van der Waals surface area contributed by atoms with Crippen molar-refractivity contribution < 1.29 is 4.92 Å². The van der Waals surface area contributed by atoms with E-state index in [0.717, 1.165) is 17.9 Å². The number of nitro groups is 1. The van der Waals surface area contributed by atoms with Gasteiger partial charge in [0, 0.05) is 6.08 Å². The zero-order valence-corrected chi connectivity index (χ0v) is 7.69. The van der Waals surface area contributed by atoms with Gasteiger partial charge in [0.25, 0.3) is 5.70 Å². The SMILES string of the molecule is CC1=CC([N+](=O)[O-])=CC(C2CC2)C1. The summed E-state index contributed by atoms with van der Waals surface area (Å²) in [6.07, 6.45) is 7.05. The van der Waals surface area contributed by atoms with Crippen molar-refractivity contribution in [3.05, 3.63) is 33.5 Å². The van der Waals surface area contributed by atoms with Crippen LogP contribution in [0.3, 0.4) is 0 Å². The Labute approximate surface area is 77.3 Å². The lowest BCUT2D eigenvalue weighted by atomic mass is 9.90. The minimum atomic E-state index is -0.280. The molecule has 3 heteroatoms. The van der Waals surface area contributed by atoms with Crippen molar-refractivity contribution in [2.24, 2.45) is 11.8 Å². The lowest BCUT2D eigenvalue weighted by Gasteiger charge is -2.15. The molecule has 0 aliphatic heterocycles. The van der Waals surface area contributed by atoms with Gasteiger partial charge in [-0.05, 0) is 44.1 Å². The Hall–Kier alpha value is -1.12. The molecule has 1 atom stereocenters. The summed E-state index contributed by atoms with van der Waals surface area (Å²) in [6.45, 7) is 1.98. The number of hydrogen-bond donors (Lipinski definition) is 0. The molecule has 1 fully saturated rings. The predicted octanol–water partition coefficient (Wildman–Crippen LogP) is 2.52. The molecule has 0 aromatic carbocycles. The Morgan fingerprint density at radius 3 is 2.77 bits per heavy atom. The Morgan fingerprint density at radius 1 is 1.54 bits per heavy atom. The highest BCUT2D eigenvalue weighted by molar-refractivity contribution is 5.24. The lowest BCUT2D eigenvalue weighted by molar-refractivity contribution is -0.419. The molecule has 0 aromatic rings. The molecule has 0 spiro atoms. The van der Waals surface area contributed by atoms with Gasteiger partial charge in [-0.25, -0.2) is 0 Å². The molecule has 1 saturated carbocycles. The van der Waals surface area contributed by atoms with E-state index in [4.69, 9.17) is 0 Å². The van der Waals surface area contributed by atoms with E-state index in [1.54, 1.807) is 6.08 Å². The topological polar surface area (TPSA) is 43.1 Å². The molecule has 0 aromatic heterocycles. The van der Waals surface area contributed by atoms with E-state index >= 15 is 0 Å². The third-order valence-electron chi connectivity index (χ3n) is 2.78. The quantitative estimate of drug-likeness (QED) is 0.483. The van der Waals surface area contributed by atoms with Crippen LogP contribution in [-0.4, -0.2) is 4.92 Å². The number of rotatable bonds is 2. The van der Waals surface area contributed by atoms with E-state index in [9.17, 15) is 10.1 Å². The average molecular weight is 179 g/mol. The Morgan fingerprint density at radius 2 is 2.23 bits per heavy atom. The molecule has 70 valence electrons. The van der Waals surface area contributed by atoms with Gasteiger partial charge in [0.15, 0.2) is 0 Å². The highest BCUT2D eigenvalue weighted by Crippen LogP contribution is 2.42. The minimum Gasteiger partial charge on any atom is -0.258 e. The second-order valence-corrected chi connectivity index (χ2v) is 4.04. The summed E-state index contributed by atoms with van der Waals surface area (Å²) in [5.74, 6) is 1.16. The van der Waals surface area contributed by atoms with Crippen LogP contribution in [0.5, 0.6) is 0 Å². The maximum absolute atomic E-state index is 10.6. The van der Waals surface area contributed by atoms with Crippen molar-refractivity contribution in [1.82, 2.24) is 0 Å². The van der Waals surface area contributed by atoms with E-state index < -0.39 is 0 Å². The smallest absolute Gasteiger partial charge is 0.258 e. The fraction of sp³-hybridized carbons (Fsp3) is 0.600. The second-order valence-electron chi connectivity index (χ2n) is 4.04. The van der Waals surface area contributed by atoms with Crippen LogP contribution < -0.4 is 0 Å². The Kier molecular flexibility index (Phi) is 1.94. The van der Waals surface area contributed by atoms with Crippen molar-refractivity contribution in [3.8, 4) is 0 Å². The first-order valence-electron chi connectivity index (χ1n) is 4.70. The zero-order valence-electron chi connectivity index (χ0n) is 7.69. The van der Waals surface area contributed by atoms with Crippen molar-refractivity contribution in [3.63, 3.8) is 0 Å². The molecule has 3 nitrogen and oxygen atoms in total. The molecule has 13 heavy (non-hydrogen) atoms. The highest BCUT2D eigenvalue weighted by atomic mass is 16.6. The van der Waals surface area contributed by atoms with Gasteiger partial charge in [0.1, 0.15) is 0 Å². The molecular formula is C10H13NO2. The van der Waals surface area contributed by atoms with E-state index in [1.165, 1.54) is 12.8 Å². The van der Waals surface area contributed by atoms with Crippen LogP contribution in [0, 0.1) is 22.0 Å². The van der Waals surface area contributed by atoms with Gasteiger partial charge in [-0.1, -0.05) is 5.57 Å². The fourth-order valence-electron chi connectivity index (χ4n) is 1.95. The largest absolute Gasteiger partial charge is 0.265 e. The molecule has 0 amide bonds. The first kappa shape index (κ1) is 8.48. The third kappa shape index (κ3) is 1.79. The van der Waals surface area contributed by atoms with Gasteiger partial charge >= 0.3 is 0 Å². The summed E-state index contributed by atoms with van der Waals surface area (Å²) in [4.78, 5) is 10.3. The first-order chi connectivity index (χ1) is 6.16. The molecule has 0 saturated heterocycles. The summed E-state index contributed by atoms with van der Waals surface area (Å²) >= 11 is 0. The van der Waals surface area contributed by atoms with Gasteiger partial charge in [0.05, 0.1) is 4.92 Å². The number of hydrogen-bond acceptors (Lipinski definition) is 2. The highest BCUT2D eigenvalue weighted by Gasteiger charge is 2.33. The Bertz CT molecular complexity index is 300. The minimum absolute atomic E-state index is 0.280. The monoisotopic (exact) mass is 179 g/mol. The molecule has 0 radical (unpaired) electrons. The molecule has 2 rings (SSSR count). The van der Waals surface area contributed by atoms with Crippen LogP contribution in [0.15, 0.2) is 23.4 Å². The summed E-state index contributed by atoms with van der Waals surface area (Å²) in [5.41, 5.74) is 1.44. The van der Waals surface area contributed by atoms with Crippen LogP contribution in [-0.2, 0) is 0 Å². The fourth-order valence-corrected chi connectivity index (χ4v) is 1.95. The van der Waals surface area contributed by atoms with E-state index in [2.05, 4.69) is 0 Å². The molecule has 0 bridgehead atoms. The van der Waals surface area contributed by atoms with Crippen molar-refractivity contribution in [2.45, 2.75) is 26.2 Å². The van der Waals surface area contributed by atoms with E-state index in [-0.39, 0.29) is 4.92 Å². The summed E-state index contributed by atoms with van der Waals surface area (Å²) in [7, 11) is 0. The zero-order chi connectivity index (χ0) is 9.42. The first-order valence-corrected chi connectivity index (χ1v) is 4.70. The normalized spacial score (nSPS) is 27.9. The third-order valence-corrected chi connectivity index (χ3v) is 2.78. The maximum Gasteiger partial charge on any atom is 0.265 e. The number of nitrogens with zero attached hydrogens (tertiary/aromatic N) is 1. The average Bonchev–Trinajstić information content (AvgIpc) is 2.85. The van der Waals surface area contributed by atoms with Crippen LogP contribution in [0.25, 0.3) is 0 Å². The number of allylic oxidation sites excluding steroid dienone is 3. The van der Waals surface area contributed by atoms with Crippen LogP contribution in [0.2, 0.25) is 0 Å². The molecule has 2 aliphatic rings. The molecule has 2 aliphatic carbocycles. The predicted molar refractivity (Wildman–Crippen MR) is 49.7 cm³/mol. The van der Waals surface area contributed by atoms with Crippen LogP contribution in [0.4, 0.5) is 0 Å². The maximum atomic E-state index is 10.6. The second kappa shape index (κ2) is 2.98. The molecule has 0 heterocycles. The van der Waals surface area contributed by atoms with Gasteiger partial charge < -0.3 is 0 Å². The van der Waals surface area contributed by atoms with E-state index in [1.807, 2.05) is 13.0 Å².